The van der Waals surface area contributed by atoms with Gasteiger partial charge in [0.05, 0.1) is 13.7 Å². The molecule has 0 saturated heterocycles. The number of rotatable bonds is 1. The van der Waals surface area contributed by atoms with Crippen LogP contribution in [0, 0.1) is 0 Å². The predicted molar refractivity (Wildman–Crippen MR) is 56.3 cm³/mol. The smallest absolute Gasteiger partial charge is 0.341 e. The molecule has 0 N–H and O–H groups in total. The molecule has 0 saturated carbocycles. The topological polar surface area (TPSA) is 35.5 Å². The van der Waals surface area contributed by atoms with Crippen molar-refractivity contribution < 1.29 is 14.3 Å². The number of esters is 1. The van der Waals surface area contributed by atoms with Crippen LogP contribution in [-0.4, -0.2) is 19.7 Å². The first-order chi connectivity index (χ1) is 7.06. The first-order valence-corrected chi connectivity index (χ1v) is 4.91. The maximum Gasteiger partial charge on any atom is 0.341 e. The average Bonchev–Trinajstić information content (AvgIpc) is 2.54. The maximum atomic E-state index is 11.5. The zero-order chi connectivity index (χ0) is 11.1. The zero-order valence-electron chi connectivity index (χ0n) is 9.16. The minimum atomic E-state index is -0.343. The van der Waals surface area contributed by atoms with E-state index in [9.17, 15) is 4.79 Å². The molecule has 0 atom stereocenters. The molecule has 1 aliphatic heterocycles. The number of hydrogen-bond donors (Lipinski definition) is 0. The van der Waals surface area contributed by atoms with Crippen molar-refractivity contribution in [3.05, 3.63) is 29.3 Å². The lowest BCUT2D eigenvalue weighted by Gasteiger charge is -2.14. The van der Waals surface area contributed by atoms with Gasteiger partial charge in [-0.2, -0.15) is 0 Å². The van der Waals surface area contributed by atoms with Gasteiger partial charge in [0, 0.05) is 11.0 Å². The van der Waals surface area contributed by atoms with Gasteiger partial charge in [0.1, 0.15) is 11.3 Å². The largest absolute Gasteiger partial charge is 0.491 e. The van der Waals surface area contributed by atoms with Crippen LogP contribution in [0.25, 0.3) is 0 Å². The van der Waals surface area contributed by atoms with Crippen LogP contribution in [0.5, 0.6) is 5.75 Å². The van der Waals surface area contributed by atoms with Gasteiger partial charge in [0.25, 0.3) is 0 Å². The Balaban J connectivity index is 2.54. The van der Waals surface area contributed by atoms with E-state index in [1.54, 1.807) is 6.07 Å². The van der Waals surface area contributed by atoms with Gasteiger partial charge in [0.15, 0.2) is 0 Å². The molecule has 2 rings (SSSR count). The molecular formula is C12H14O3. The summed E-state index contributed by atoms with van der Waals surface area (Å²) in [5.41, 5.74) is 1.56. The Bertz CT molecular complexity index is 407. The highest BCUT2D eigenvalue weighted by Crippen LogP contribution is 2.40. The van der Waals surface area contributed by atoms with Gasteiger partial charge in [-0.15, -0.1) is 0 Å². The van der Waals surface area contributed by atoms with Crippen molar-refractivity contribution in [2.75, 3.05) is 13.7 Å². The second kappa shape index (κ2) is 3.26. The third-order valence-corrected chi connectivity index (χ3v) is 2.73. The summed E-state index contributed by atoms with van der Waals surface area (Å²) in [7, 11) is 1.38. The molecule has 0 radical (unpaired) electrons. The molecule has 80 valence electrons. The van der Waals surface area contributed by atoms with Crippen molar-refractivity contribution >= 4 is 5.97 Å². The van der Waals surface area contributed by atoms with Crippen LogP contribution < -0.4 is 4.74 Å². The Morgan fingerprint density at radius 3 is 2.87 bits per heavy atom. The van der Waals surface area contributed by atoms with E-state index in [4.69, 9.17) is 9.47 Å². The third kappa shape index (κ3) is 1.48. The van der Waals surface area contributed by atoms with Gasteiger partial charge in [-0.25, -0.2) is 4.79 Å². The van der Waals surface area contributed by atoms with Crippen molar-refractivity contribution in [2.45, 2.75) is 19.3 Å². The van der Waals surface area contributed by atoms with E-state index in [0.29, 0.717) is 17.9 Å². The summed E-state index contributed by atoms with van der Waals surface area (Å²) in [4.78, 5) is 11.5. The van der Waals surface area contributed by atoms with Crippen LogP contribution in [0.3, 0.4) is 0 Å². The highest BCUT2D eigenvalue weighted by Gasteiger charge is 2.34. The molecule has 1 aromatic carbocycles. The van der Waals surface area contributed by atoms with Crippen molar-refractivity contribution in [1.29, 1.82) is 0 Å². The molecule has 3 heteroatoms. The normalized spacial score (nSPS) is 16.7. The molecule has 15 heavy (non-hydrogen) atoms. The van der Waals surface area contributed by atoms with E-state index in [0.717, 1.165) is 5.56 Å². The van der Waals surface area contributed by atoms with E-state index in [1.807, 2.05) is 12.1 Å². The van der Waals surface area contributed by atoms with Crippen molar-refractivity contribution in [2.24, 2.45) is 0 Å². The monoisotopic (exact) mass is 206 g/mol. The standard InChI is InChI=1S/C12H14O3/c1-12(2)7-15-10-8(11(13)14-3)5-4-6-9(10)12/h4-6H,7H2,1-3H3. The fourth-order valence-electron chi connectivity index (χ4n) is 1.83. The third-order valence-electron chi connectivity index (χ3n) is 2.73. The van der Waals surface area contributed by atoms with Crippen molar-refractivity contribution in [3.8, 4) is 5.75 Å². The summed E-state index contributed by atoms with van der Waals surface area (Å²) in [5.74, 6) is 0.332. The van der Waals surface area contributed by atoms with Crippen LogP contribution in [0.15, 0.2) is 18.2 Å². The molecule has 0 unspecified atom stereocenters. The summed E-state index contributed by atoms with van der Waals surface area (Å²) in [5, 5.41) is 0. The Hall–Kier alpha value is -1.51. The van der Waals surface area contributed by atoms with Gasteiger partial charge < -0.3 is 9.47 Å². The van der Waals surface area contributed by atoms with Crippen molar-refractivity contribution in [1.82, 2.24) is 0 Å². The minimum Gasteiger partial charge on any atom is -0.491 e. The summed E-state index contributed by atoms with van der Waals surface area (Å²) in [6, 6.07) is 5.59. The van der Waals surface area contributed by atoms with Crippen LogP contribution in [-0.2, 0) is 10.2 Å². The van der Waals surface area contributed by atoms with Crippen LogP contribution in [0.4, 0.5) is 0 Å². The molecule has 0 spiro atoms. The van der Waals surface area contributed by atoms with E-state index < -0.39 is 0 Å². The minimum absolute atomic E-state index is 0.0284. The highest BCUT2D eigenvalue weighted by atomic mass is 16.5. The molecule has 3 nitrogen and oxygen atoms in total. The van der Waals surface area contributed by atoms with Gasteiger partial charge >= 0.3 is 5.97 Å². The average molecular weight is 206 g/mol. The molecule has 0 aliphatic carbocycles. The van der Waals surface area contributed by atoms with Crippen LogP contribution >= 0.6 is 0 Å². The number of ether oxygens (including phenoxy) is 2. The van der Waals surface area contributed by atoms with E-state index in [1.165, 1.54) is 7.11 Å². The summed E-state index contributed by atoms with van der Waals surface area (Å²) >= 11 is 0. The second-order valence-electron chi connectivity index (χ2n) is 4.35. The molecule has 1 aliphatic rings. The summed E-state index contributed by atoms with van der Waals surface area (Å²) in [6.45, 7) is 4.80. The lowest BCUT2D eigenvalue weighted by atomic mass is 9.86. The second-order valence-corrected chi connectivity index (χ2v) is 4.35. The Labute approximate surface area is 89.0 Å². The first kappa shape index (κ1) is 10.0. The SMILES string of the molecule is COC(=O)c1cccc2c1OCC2(C)C. The molecule has 1 aromatic rings. The molecule has 0 fully saturated rings. The van der Waals surface area contributed by atoms with Gasteiger partial charge in [0.2, 0.25) is 0 Å². The molecular weight excluding hydrogens is 192 g/mol. The predicted octanol–water partition coefficient (Wildman–Crippen LogP) is 2.14. The number of carbonyl (C=O) groups is 1. The number of fused-ring (bicyclic) bond motifs is 1. The molecule has 1 heterocycles. The lowest BCUT2D eigenvalue weighted by molar-refractivity contribution is 0.0596. The van der Waals surface area contributed by atoms with Crippen molar-refractivity contribution in [3.63, 3.8) is 0 Å². The molecule has 0 amide bonds. The fourth-order valence-corrected chi connectivity index (χ4v) is 1.83. The number of para-hydroxylation sites is 1. The quantitative estimate of drug-likeness (QED) is 0.660. The zero-order valence-corrected chi connectivity index (χ0v) is 9.16. The Kier molecular flexibility index (Phi) is 2.18. The van der Waals surface area contributed by atoms with Crippen LogP contribution in [0.2, 0.25) is 0 Å². The summed E-state index contributed by atoms with van der Waals surface area (Å²) < 4.78 is 10.3. The van der Waals surface area contributed by atoms with Gasteiger partial charge in [-0.3, -0.25) is 0 Å². The number of carbonyl (C=O) groups excluding carboxylic acids is 1. The van der Waals surface area contributed by atoms with Crippen LogP contribution in [0.1, 0.15) is 29.8 Å². The molecule has 0 bridgehead atoms. The number of hydrogen-bond acceptors (Lipinski definition) is 3. The Morgan fingerprint density at radius 1 is 1.47 bits per heavy atom. The number of benzene rings is 1. The summed E-state index contributed by atoms with van der Waals surface area (Å²) in [6.07, 6.45) is 0. The number of methoxy groups -OCH3 is 1. The fraction of sp³-hybridized carbons (Fsp3) is 0.417. The maximum absolute atomic E-state index is 11.5. The van der Waals surface area contributed by atoms with E-state index in [-0.39, 0.29) is 11.4 Å². The van der Waals surface area contributed by atoms with Gasteiger partial charge in [-0.05, 0) is 6.07 Å². The van der Waals surface area contributed by atoms with Gasteiger partial charge in [-0.1, -0.05) is 26.0 Å². The molecule has 0 aromatic heterocycles. The lowest BCUT2D eigenvalue weighted by Crippen LogP contribution is -2.18. The first-order valence-electron chi connectivity index (χ1n) is 4.91. The van der Waals surface area contributed by atoms with E-state index in [2.05, 4.69) is 13.8 Å². The Morgan fingerprint density at radius 2 is 2.20 bits per heavy atom. The van der Waals surface area contributed by atoms with E-state index >= 15 is 0 Å². The highest BCUT2D eigenvalue weighted by molar-refractivity contribution is 5.93.